The third-order valence-electron chi connectivity index (χ3n) is 3.84. The quantitative estimate of drug-likeness (QED) is 0.882. The Morgan fingerprint density at radius 1 is 1.30 bits per heavy atom. The Hall–Kier alpha value is -2.60. The maximum absolute atomic E-state index is 12.1. The number of aliphatic hydroxyl groups excluding tert-OH is 1. The van der Waals surface area contributed by atoms with Crippen molar-refractivity contribution in [2.45, 2.75) is 18.9 Å². The summed E-state index contributed by atoms with van der Waals surface area (Å²) in [5.41, 5.74) is 1.28. The molecule has 2 aromatic rings. The van der Waals surface area contributed by atoms with E-state index in [4.69, 9.17) is 4.42 Å². The molecule has 2 heterocycles. The third-order valence-corrected chi connectivity index (χ3v) is 3.84. The molecular formula is C17H18N2O4. The van der Waals surface area contributed by atoms with Crippen LogP contribution in [0.4, 0.5) is 5.69 Å². The van der Waals surface area contributed by atoms with Gasteiger partial charge in [0.15, 0.2) is 0 Å². The molecule has 0 bridgehead atoms. The summed E-state index contributed by atoms with van der Waals surface area (Å²) in [5.74, 6) is 0.242. The lowest BCUT2D eigenvalue weighted by Gasteiger charge is -2.16. The summed E-state index contributed by atoms with van der Waals surface area (Å²) in [5, 5.41) is 12.5. The number of anilines is 1. The standard InChI is InChI=1S/C17H18N2O4/c20-14(15-3-2-10-23-15)11-18-17(22)12-5-7-13(8-6-12)19-9-1-4-16(19)21/h2-3,5-8,10,14,20H,1,4,9,11H2,(H,18,22). The predicted octanol–water partition coefficient (Wildman–Crippen LogP) is 1.87. The zero-order valence-electron chi connectivity index (χ0n) is 12.6. The Bertz CT molecular complexity index is 679. The normalized spacial score (nSPS) is 15.7. The molecule has 1 aliphatic rings. The molecule has 6 nitrogen and oxygen atoms in total. The number of nitrogens with one attached hydrogen (secondary N) is 1. The van der Waals surface area contributed by atoms with Crippen molar-refractivity contribution in [1.82, 2.24) is 5.32 Å². The van der Waals surface area contributed by atoms with Gasteiger partial charge in [-0.05, 0) is 42.8 Å². The fourth-order valence-electron chi connectivity index (χ4n) is 2.59. The molecule has 1 unspecified atom stereocenters. The number of amides is 2. The average Bonchev–Trinajstić information content (AvgIpc) is 3.24. The molecule has 0 aliphatic carbocycles. The van der Waals surface area contributed by atoms with Gasteiger partial charge in [-0.25, -0.2) is 0 Å². The minimum atomic E-state index is -0.879. The van der Waals surface area contributed by atoms with Crippen LogP contribution >= 0.6 is 0 Å². The molecule has 1 fully saturated rings. The lowest BCUT2D eigenvalue weighted by Crippen LogP contribution is -2.28. The molecule has 6 heteroatoms. The fourth-order valence-corrected chi connectivity index (χ4v) is 2.59. The first-order valence-corrected chi connectivity index (χ1v) is 7.55. The second-order valence-corrected chi connectivity index (χ2v) is 5.44. The van der Waals surface area contributed by atoms with Crippen molar-refractivity contribution in [3.63, 3.8) is 0 Å². The van der Waals surface area contributed by atoms with Gasteiger partial charge < -0.3 is 19.7 Å². The van der Waals surface area contributed by atoms with Crippen LogP contribution in [0.5, 0.6) is 0 Å². The van der Waals surface area contributed by atoms with E-state index in [-0.39, 0.29) is 18.4 Å². The Kier molecular flexibility index (Phi) is 4.43. The SMILES string of the molecule is O=C(NCC(O)c1ccco1)c1ccc(N2CCCC2=O)cc1. The van der Waals surface area contributed by atoms with Crippen LogP contribution in [0, 0.1) is 0 Å². The summed E-state index contributed by atoms with van der Waals surface area (Å²) < 4.78 is 5.08. The van der Waals surface area contributed by atoms with Gasteiger partial charge in [0.2, 0.25) is 5.91 Å². The molecule has 23 heavy (non-hydrogen) atoms. The maximum atomic E-state index is 12.1. The largest absolute Gasteiger partial charge is 0.467 e. The summed E-state index contributed by atoms with van der Waals surface area (Å²) in [6.07, 6.45) is 2.03. The summed E-state index contributed by atoms with van der Waals surface area (Å²) in [4.78, 5) is 25.5. The third kappa shape index (κ3) is 3.43. The first kappa shape index (κ1) is 15.3. The van der Waals surface area contributed by atoms with Crippen molar-refractivity contribution in [2.75, 3.05) is 18.0 Å². The monoisotopic (exact) mass is 314 g/mol. The number of carbonyl (C=O) groups is 2. The zero-order chi connectivity index (χ0) is 16.2. The number of hydrogen-bond donors (Lipinski definition) is 2. The molecule has 1 aromatic carbocycles. The first-order chi connectivity index (χ1) is 11.1. The second-order valence-electron chi connectivity index (χ2n) is 5.44. The molecule has 1 atom stereocenters. The van der Waals surface area contributed by atoms with E-state index in [1.807, 2.05) is 0 Å². The minimum absolute atomic E-state index is 0.0682. The van der Waals surface area contributed by atoms with Gasteiger partial charge in [-0.2, -0.15) is 0 Å². The molecule has 0 spiro atoms. The maximum Gasteiger partial charge on any atom is 0.251 e. The van der Waals surface area contributed by atoms with E-state index in [1.54, 1.807) is 41.3 Å². The van der Waals surface area contributed by atoms with Crippen LogP contribution in [0.3, 0.4) is 0 Å². The molecular weight excluding hydrogens is 296 g/mol. The van der Waals surface area contributed by atoms with Gasteiger partial charge in [0.1, 0.15) is 11.9 Å². The van der Waals surface area contributed by atoms with Gasteiger partial charge in [-0.3, -0.25) is 9.59 Å². The Morgan fingerprint density at radius 2 is 2.09 bits per heavy atom. The van der Waals surface area contributed by atoms with Gasteiger partial charge in [-0.15, -0.1) is 0 Å². The fraction of sp³-hybridized carbons (Fsp3) is 0.294. The number of nitrogens with zero attached hydrogens (tertiary/aromatic N) is 1. The number of benzene rings is 1. The Labute approximate surface area is 133 Å². The highest BCUT2D eigenvalue weighted by molar-refractivity contribution is 5.97. The van der Waals surface area contributed by atoms with E-state index in [1.165, 1.54) is 6.26 Å². The molecule has 0 radical (unpaired) electrons. The van der Waals surface area contributed by atoms with Crippen LogP contribution in [0.1, 0.15) is 35.1 Å². The van der Waals surface area contributed by atoms with Gasteiger partial charge in [0, 0.05) is 24.2 Å². The molecule has 0 saturated carbocycles. The highest BCUT2D eigenvalue weighted by Gasteiger charge is 2.21. The number of rotatable bonds is 5. The van der Waals surface area contributed by atoms with Crippen molar-refractivity contribution in [3.8, 4) is 0 Å². The van der Waals surface area contributed by atoms with Crippen LogP contribution in [-0.4, -0.2) is 30.0 Å². The highest BCUT2D eigenvalue weighted by atomic mass is 16.4. The van der Waals surface area contributed by atoms with Crippen molar-refractivity contribution in [1.29, 1.82) is 0 Å². The predicted molar refractivity (Wildman–Crippen MR) is 84.0 cm³/mol. The number of furan rings is 1. The second kappa shape index (κ2) is 6.66. The van der Waals surface area contributed by atoms with Crippen molar-refractivity contribution in [2.24, 2.45) is 0 Å². The molecule has 1 aliphatic heterocycles. The van der Waals surface area contributed by atoms with Crippen LogP contribution < -0.4 is 10.2 Å². The van der Waals surface area contributed by atoms with Gasteiger partial charge >= 0.3 is 0 Å². The van der Waals surface area contributed by atoms with Crippen LogP contribution in [0.25, 0.3) is 0 Å². The number of carbonyl (C=O) groups excluding carboxylic acids is 2. The van der Waals surface area contributed by atoms with E-state index in [9.17, 15) is 14.7 Å². The van der Waals surface area contributed by atoms with E-state index >= 15 is 0 Å². The van der Waals surface area contributed by atoms with Gasteiger partial charge in [0.25, 0.3) is 5.91 Å². The summed E-state index contributed by atoms with van der Waals surface area (Å²) in [7, 11) is 0. The topological polar surface area (TPSA) is 82.8 Å². The molecule has 1 saturated heterocycles. The molecule has 120 valence electrons. The Morgan fingerprint density at radius 3 is 2.70 bits per heavy atom. The van der Waals surface area contributed by atoms with Crippen LogP contribution in [0.15, 0.2) is 47.1 Å². The van der Waals surface area contributed by atoms with E-state index < -0.39 is 6.10 Å². The van der Waals surface area contributed by atoms with Crippen LogP contribution in [0.2, 0.25) is 0 Å². The highest BCUT2D eigenvalue weighted by Crippen LogP contribution is 2.21. The van der Waals surface area contributed by atoms with E-state index in [0.717, 1.165) is 18.7 Å². The van der Waals surface area contributed by atoms with E-state index in [0.29, 0.717) is 17.7 Å². The lowest BCUT2D eigenvalue weighted by molar-refractivity contribution is -0.117. The first-order valence-electron chi connectivity index (χ1n) is 7.55. The smallest absolute Gasteiger partial charge is 0.251 e. The average molecular weight is 314 g/mol. The lowest BCUT2D eigenvalue weighted by atomic mass is 10.1. The number of aliphatic hydroxyl groups is 1. The minimum Gasteiger partial charge on any atom is -0.467 e. The van der Waals surface area contributed by atoms with Gasteiger partial charge in [-0.1, -0.05) is 0 Å². The summed E-state index contributed by atoms with van der Waals surface area (Å²) in [6.45, 7) is 0.790. The van der Waals surface area contributed by atoms with Gasteiger partial charge in [0.05, 0.1) is 12.8 Å². The summed E-state index contributed by atoms with van der Waals surface area (Å²) in [6, 6.07) is 10.2. The number of hydrogen-bond acceptors (Lipinski definition) is 4. The van der Waals surface area contributed by atoms with E-state index in [2.05, 4.69) is 5.32 Å². The van der Waals surface area contributed by atoms with Crippen molar-refractivity contribution >= 4 is 17.5 Å². The molecule has 2 N–H and O–H groups in total. The zero-order valence-corrected chi connectivity index (χ0v) is 12.6. The van der Waals surface area contributed by atoms with Crippen molar-refractivity contribution in [3.05, 3.63) is 54.0 Å². The molecule has 1 aromatic heterocycles. The molecule has 2 amide bonds. The van der Waals surface area contributed by atoms with Crippen LogP contribution in [-0.2, 0) is 4.79 Å². The van der Waals surface area contributed by atoms with Crippen molar-refractivity contribution < 1.29 is 19.1 Å². The summed E-state index contributed by atoms with van der Waals surface area (Å²) >= 11 is 0. The molecule has 3 rings (SSSR count). The Balaban J connectivity index is 1.58.